The molecular formula is C13H20N2O4. The molecule has 3 N–H and O–H groups in total. The quantitative estimate of drug-likeness (QED) is 0.582. The molecule has 106 valence electrons. The van der Waals surface area contributed by atoms with Gasteiger partial charge in [0.05, 0.1) is 10.5 Å². The van der Waals surface area contributed by atoms with Crippen LogP contribution in [0.25, 0.3) is 0 Å². The van der Waals surface area contributed by atoms with E-state index in [1.807, 2.05) is 13.8 Å². The Balaban J connectivity index is 2.95. The van der Waals surface area contributed by atoms with Crippen molar-refractivity contribution in [1.29, 1.82) is 0 Å². The van der Waals surface area contributed by atoms with E-state index in [4.69, 9.17) is 10.5 Å². The normalized spacial score (nSPS) is 11.4. The first-order valence-electron chi connectivity index (χ1n) is 6.28. The molecule has 0 aliphatic heterocycles. The maximum Gasteiger partial charge on any atom is 0.310 e. The highest BCUT2D eigenvalue weighted by Gasteiger charge is 2.25. The summed E-state index contributed by atoms with van der Waals surface area (Å²) in [6.45, 7) is 3.99. The molecule has 0 aliphatic carbocycles. The first-order chi connectivity index (χ1) is 8.95. The van der Waals surface area contributed by atoms with Crippen LogP contribution < -0.4 is 10.5 Å². The zero-order valence-electron chi connectivity index (χ0n) is 11.3. The lowest BCUT2D eigenvalue weighted by molar-refractivity contribution is -0.386. The molecule has 0 spiro atoms. The summed E-state index contributed by atoms with van der Waals surface area (Å²) >= 11 is 0. The zero-order chi connectivity index (χ0) is 14.5. The van der Waals surface area contributed by atoms with Crippen molar-refractivity contribution in [1.82, 2.24) is 0 Å². The van der Waals surface area contributed by atoms with Crippen LogP contribution in [-0.2, 0) is 6.54 Å². The van der Waals surface area contributed by atoms with Crippen molar-refractivity contribution in [2.45, 2.75) is 38.8 Å². The number of hydrogen-bond acceptors (Lipinski definition) is 5. The molecule has 1 aromatic carbocycles. The largest absolute Gasteiger partial charge is 0.484 e. The second kappa shape index (κ2) is 6.49. The second-order valence-corrected chi connectivity index (χ2v) is 4.48. The van der Waals surface area contributed by atoms with E-state index in [2.05, 4.69) is 0 Å². The van der Waals surface area contributed by atoms with E-state index in [-0.39, 0.29) is 24.6 Å². The van der Waals surface area contributed by atoms with E-state index in [9.17, 15) is 15.2 Å². The first-order valence-corrected chi connectivity index (χ1v) is 6.28. The molecule has 0 heterocycles. The summed E-state index contributed by atoms with van der Waals surface area (Å²) in [7, 11) is 0. The number of rotatable bonds is 7. The van der Waals surface area contributed by atoms with Crippen molar-refractivity contribution in [3.8, 4) is 5.75 Å². The number of nitrogens with zero attached hydrogens (tertiary/aromatic N) is 1. The van der Waals surface area contributed by atoms with E-state index >= 15 is 0 Å². The molecule has 0 aliphatic rings. The highest BCUT2D eigenvalue weighted by atomic mass is 16.6. The lowest BCUT2D eigenvalue weighted by atomic mass is 9.99. The summed E-state index contributed by atoms with van der Waals surface area (Å²) in [5.74, 6) is 0.147. The molecule has 6 heteroatoms. The Hall–Kier alpha value is -1.66. The van der Waals surface area contributed by atoms with E-state index in [0.29, 0.717) is 12.8 Å². The van der Waals surface area contributed by atoms with Crippen molar-refractivity contribution < 1.29 is 14.8 Å². The van der Waals surface area contributed by atoms with Gasteiger partial charge in [0, 0.05) is 12.6 Å². The third-order valence-electron chi connectivity index (χ3n) is 3.27. The molecule has 1 aromatic rings. The highest BCUT2D eigenvalue weighted by Crippen LogP contribution is 2.29. The molecule has 0 radical (unpaired) electrons. The van der Waals surface area contributed by atoms with Crippen LogP contribution in [0.3, 0.4) is 0 Å². The van der Waals surface area contributed by atoms with Gasteiger partial charge in [-0.25, -0.2) is 0 Å². The average Bonchev–Trinajstić information content (AvgIpc) is 2.44. The van der Waals surface area contributed by atoms with Crippen LogP contribution in [0.4, 0.5) is 5.69 Å². The van der Waals surface area contributed by atoms with Crippen LogP contribution in [0.5, 0.6) is 5.75 Å². The van der Waals surface area contributed by atoms with Gasteiger partial charge in [-0.2, -0.15) is 0 Å². The maximum atomic E-state index is 10.9. The minimum absolute atomic E-state index is 0.0227. The number of ether oxygens (including phenoxy) is 1. The molecule has 0 unspecified atom stereocenters. The molecule has 0 aromatic heterocycles. The van der Waals surface area contributed by atoms with Gasteiger partial charge in [-0.1, -0.05) is 19.9 Å². The average molecular weight is 268 g/mol. The summed E-state index contributed by atoms with van der Waals surface area (Å²) in [5, 5.41) is 21.0. The van der Waals surface area contributed by atoms with Gasteiger partial charge in [0.25, 0.3) is 0 Å². The smallest absolute Gasteiger partial charge is 0.310 e. The molecular weight excluding hydrogens is 248 g/mol. The molecule has 0 saturated heterocycles. The van der Waals surface area contributed by atoms with Crippen molar-refractivity contribution in [2.75, 3.05) is 6.61 Å². The summed E-state index contributed by atoms with van der Waals surface area (Å²) in [4.78, 5) is 10.4. The summed E-state index contributed by atoms with van der Waals surface area (Å²) in [6, 6.07) is 4.51. The number of hydrogen-bond donors (Lipinski definition) is 2. The van der Waals surface area contributed by atoms with E-state index < -0.39 is 10.5 Å². The van der Waals surface area contributed by atoms with E-state index in [0.717, 1.165) is 5.56 Å². The van der Waals surface area contributed by atoms with Crippen molar-refractivity contribution in [3.63, 3.8) is 0 Å². The van der Waals surface area contributed by atoms with E-state index in [1.54, 1.807) is 12.1 Å². The number of nitro groups is 1. The lowest BCUT2D eigenvalue weighted by Crippen LogP contribution is -2.34. The Kier molecular flexibility index (Phi) is 5.26. The number of benzene rings is 1. The van der Waals surface area contributed by atoms with Gasteiger partial charge in [-0.05, 0) is 24.5 Å². The van der Waals surface area contributed by atoms with Gasteiger partial charge < -0.3 is 15.6 Å². The Labute approximate surface area is 112 Å². The summed E-state index contributed by atoms with van der Waals surface area (Å²) in [5.41, 5.74) is 5.17. The first kappa shape index (κ1) is 15.4. The standard InChI is InChI=1S/C13H20N2O4/c1-3-13(16,4-2)9-19-12-7-10(8-14)5-6-11(12)15(17)18/h5-7,16H,3-4,8-9,14H2,1-2H3. The zero-order valence-corrected chi connectivity index (χ0v) is 11.3. The molecule has 0 fully saturated rings. The van der Waals surface area contributed by atoms with E-state index in [1.165, 1.54) is 6.07 Å². The van der Waals surface area contributed by atoms with Crippen LogP contribution in [-0.4, -0.2) is 22.2 Å². The maximum absolute atomic E-state index is 10.9. The molecule has 0 amide bonds. The predicted octanol–water partition coefficient (Wildman–Crippen LogP) is 1.98. The van der Waals surface area contributed by atoms with Crippen molar-refractivity contribution in [3.05, 3.63) is 33.9 Å². The number of aliphatic hydroxyl groups is 1. The fourth-order valence-corrected chi connectivity index (χ4v) is 1.62. The third-order valence-corrected chi connectivity index (χ3v) is 3.27. The molecule has 0 atom stereocenters. The van der Waals surface area contributed by atoms with Crippen LogP contribution >= 0.6 is 0 Å². The summed E-state index contributed by atoms with van der Waals surface area (Å²) in [6.07, 6.45) is 1.04. The third kappa shape index (κ3) is 3.90. The van der Waals surface area contributed by atoms with Crippen molar-refractivity contribution in [2.24, 2.45) is 5.73 Å². The van der Waals surface area contributed by atoms with Gasteiger partial charge >= 0.3 is 5.69 Å². The van der Waals surface area contributed by atoms with Crippen LogP contribution in [0.2, 0.25) is 0 Å². The highest BCUT2D eigenvalue weighted by molar-refractivity contribution is 5.48. The topological polar surface area (TPSA) is 98.6 Å². The Morgan fingerprint density at radius 2 is 2.05 bits per heavy atom. The van der Waals surface area contributed by atoms with Gasteiger partial charge in [-0.3, -0.25) is 10.1 Å². The van der Waals surface area contributed by atoms with Crippen LogP contribution in [0.1, 0.15) is 32.3 Å². The fraction of sp³-hybridized carbons (Fsp3) is 0.538. The minimum atomic E-state index is -0.966. The minimum Gasteiger partial charge on any atom is -0.484 e. The van der Waals surface area contributed by atoms with Crippen LogP contribution in [0, 0.1) is 10.1 Å². The molecule has 0 bridgehead atoms. The number of nitro benzene ring substituents is 1. The summed E-state index contributed by atoms with van der Waals surface area (Å²) < 4.78 is 5.44. The molecule has 6 nitrogen and oxygen atoms in total. The Bertz CT molecular complexity index is 444. The predicted molar refractivity (Wildman–Crippen MR) is 72.0 cm³/mol. The fourth-order valence-electron chi connectivity index (χ4n) is 1.62. The monoisotopic (exact) mass is 268 g/mol. The molecule has 19 heavy (non-hydrogen) atoms. The van der Waals surface area contributed by atoms with Gasteiger partial charge in [0.1, 0.15) is 6.61 Å². The molecule has 0 saturated carbocycles. The second-order valence-electron chi connectivity index (χ2n) is 4.48. The van der Waals surface area contributed by atoms with Gasteiger partial charge in [0.2, 0.25) is 0 Å². The van der Waals surface area contributed by atoms with Gasteiger partial charge in [-0.15, -0.1) is 0 Å². The van der Waals surface area contributed by atoms with Crippen molar-refractivity contribution >= 4 is 5.69 Å². The van der Waals surface area contributed by atoms with Crippen LogP contribution in [0.15, 0.2) is 18.2 Å². The Morgan fingerprint density at radius 1 is 1.42 bits per heavy atom. The lowest BCUT2D eigenvalue weighted by Gasteiger charge is -2.25. The Morgan fingerprint density at radius 3 is 2.53 bits per heavy atom. The number of nitrogens with two attached hydrogens (primary N) is 1. The SMILES string of the molecule is CCC(O)(CC)COc1cc(CN)ccc1[N+](=O)[O-]. The van der Waals surface area contributed by atoms with Gasteiger partial charge in [0.15, 0.2) is 5.75 Å². The molecule has 1 rings (SSSR count).